The molecule has 0 amide bonds. The van der Waals surface area contributed by atoms with E-state index in [1.807, 2.05) is 0 Å². The summed E-state index contributed by atoms with van der Waals surface area (Å²) in [5.41, 5.74) is 3.79. The molecule has 0 spiro atoms. The van der Waals surface area contributed by atoms with Gasteiger partial charge in [-0.25, -0.2) is 0 Å². The Morgan fingerprint density at radius 2 is 2.00 bits per heavy atom. The summed E-state index contributed by atoms with van der Waals surface area (Å²) >= 11 is 0. The summed E-state index contributed by atoms with van der Waals surface area (Å²) in [4.78, 5) is 2.18. The number of aryl methyl sites for hydroxylation is 1. The fourth-order valence-electron chi connectivity index (χ4n) is 2.02. The molecule has 96 valence electrons. The smallest absolute Gasteiger partial charge is 0.0553 e. The van der Waals surface area contributed by atoms with Gasteiger partial charge in [0.25, 0.3) is 0 Å². The summed E-state index contributed by atoms with van der Waals surface area (Å²) in [5.74, 6) is 0. The highest BCUT2D eigenvalue weighted by Gasteiger charge is 1.99. The fraction of sp³-hybridized carbons (Fsp3) is 0.333. The van der Waals surface area contributed by atoms with Crippen molar-refractivity contribution in [3.63, 3.8) is 0 Å². The average Bonchev–Trinajstić information content (AvgIpc) is 2.72. The van der Waals surface area contributed by atoms with Crippen molar-refractivity contribution in [2.75, 3.05) is 19.4 Å². The molecule has 3 heteroatoms. The molecule has 0 radical (unpaired) electrons. The Hall–Kier alpha value is -1.74. The summed E-state index contributed by atoms with van der Waals surface area (Å²) in [6, 6.07) is 12.8. The highest BCUT2D eigenvalue weighted by atomic mass is 15.0. The monoisotopic (exact) mass is 243 g/mol. The summed E-state index contributed by atoms with van der Waals surface area (Å²) in [6.07, 6.45) is 2.07. The third-order valence-electron chi connectivity index (χ3n) is 2.95. The van der Waals surface area contributed by atoms with Crippen molar-refractivity contribution in [3.8, 4) is 0 Å². The highest BCUT2D eigenvalue weighted by molar-refractivity contribution is 5.46. The summed E-state index contributed by atoms with van der Waals surface area (Å²) < 4.78 is 2.14. The van der Waals surface area contributed by atoms with Gasteiger partial charge >= 0.3 is 0 Å². The van der Waals surface area contributed by atoms with E-state index in [1.165, 1.54) is 16.9 Å². The van der Waals surface area contributed by atoms with Crippen LogP contribution in [0.5, 0.6) is 0 Å². The lowest BCUT2D eigenvalue weighted by Gasteiger charge is -2.12. The minimum atomic E-state index is 0.856. The van der Waals surface area contributed by atoms with E-state index in [9.17, 15) is 0 Å². The van der Waals surface area contributed by atoms with Crippen molar-refractivity contribution in [3.05, 3.63) is 53.9 Å². The number of hydrogen-bond acceptors (Lipinski definition) is 2. The second kappa shape index (κ2) is 5.74. The zero-order valence-electron chi connectivity index (χ0n) is 11.4. The molecule has 18 heavy (non-hydrogen) atoms. The number of anilines is 1. The molecule has 0 aliphatic carbocycles. The maximum absolute atomic E-state index is 3.46. The maximum atomic E-state index is 3.46. The van der Waals surface area contributed by atoms with Crippen LogP contribution in [0, 0.1) is 0 Å². The summed E-state index contributed by atoms with van der Waals surface area (Å²) in [6.45, 7) is 1.83. The Kier molecular flexibility index (Phi) is 4.05. The second-order valence-electron chi connectivity index (χ2n) is 4.90. The van der Waals surface area contributed by atoms with Crippen molar-refractivity contribution >= 4 is 5.69 Å². The van der Waals surface area contributed by atoms with Gasteiger partial charge in [0, 0.05) is 31.2 Å². The van der Waals surface area contributed by atoms with Crippen LogP contribution in [0.25, 0.3) is 0 Å². The second-order valence-corrected chi connectivity index (χ2v) is 4.90. The first-order valence-corrected chi connectivity index (χ1v) is 6.23. The van der Waals surface area contributed by atoms with E-state index in [2.05, 4.69) is 78.5 Å². The van der Waals surface area contributed by atoms with E-state index in [0.29, 0.717) is 0 Å². The van der Waals surface area contributed by atoms with Crippen LogP contribution in [0.15, 0.2) is 42.6 Å². The molecule has 0 unspecified atom stereocenters. The van der Waals surface area contributed by atoms with Gasteiger partial charge in [-0.3, -0.25) is 0 Å². The lowest BCUT2D eigenvalue weighted by atomic mass is 10.2. The fourth-order valence-corrected chi connectivity index (χ4v) is 2.02. The largest absolute Gasteiger partial charge is 0.379 e. The van der Waals surface area contributed by atoms with Gasteiger partial charge in [-0.05, 0) is 43.9 Å². The molecule has 1 N–H and O–H groups in total. The third kappa shape index (κ3) is 3.37. The number of aromatic nitrogens is 1. The van der Waals surface area contributed by atoms with E-state index in [4.69, 9.17) is 0 Å². The van der Waals surface area contributed by atoms with E-state index in [-0.39, 0.29) is 0 Å². The number of hydrogen-bond donors (Lipinski definition) is 1. The van der Waals surface area contributed by atoms with E-state index in [1.54, 1.807) is 0 Å². The lowest BCUT2D eigenvalue weighted by molar-refractivity contribution is 0.402. The van der Waals surface area contributed by atoms with E-state index < -0.39 is 0 Å². The zero-order chi connectivity index (χ0) is 13.0. The van der Waals surface area contributed by atoms with Crippen LogP contribution in [0.2, 0.25) is 0 Å². The van der Waals surface area contributed by atoms with Gasteiger partial charge in [0.2, 0.25) is 0 Å². The highest BCUT2D eigenvalue weighted by Crippen LogP contribution is 2.13. The molecule has 0 saturated carbocycles. The van der Waals surface area contributed by atoms with Crippen molar-refractivity contribution in [2.24, 2.45) is 7.05 Å². The molecular weight excluding hydrogens is 222 g/mol. The molecule has 2 aromatic rings. The molecule has 3 nitrogen and oxygen atoms in total. The first-order chi connectivity index (χ1) is 8.65. The third-order valence-corrected chi connectivity index (χ3v) is 2.95. The van der Waals surface area contributed by atoms with Gasteiger partial charge in [0.05, 0.1) is 6.54 Å². The van der Waals surface area contributed by atoms with Crippen LogP contribution in [0.4, 0.5) is 5.69 Å². The van der Waals surface area contributed by atoms with Crippen LogP contribution < -0.4 is 5.32 Å². The minimum absolute atomic E-state index is 0.856. The van der Waals surface area contributed by atoms with Gasteiger partial charge in [-0.2, -0.15) is 0 Å². The van der Waals surface area contributed by atoms with Crippen LogP contribution in [0.1, 0.15) is 11.3 Å². The summed E-state index contributed by atoms with van der Waals surface area (Å²) in [7, 11) is 6.24. The van der Waals surface area contributed by atoms with Crippen molar-refractivity contribution < 1.29 is 0 Å². The van der Waals surface area contributed by atoms with Gasteiger partial charge in [-0.1, -0.05) is 12.1 Å². The molecule has 0 bridgehead atoms. The molecule has 0 fully saturated rings. The molecule has 1 aromatic carbocycles. The normalized spacial score (nSPS) is 10.9. The number of benzene rings is 1. The Bertz CT molecular complexity index is 500. The molecule has 0 aliphatic heterocycles. The predicted molar refractivity (Wildman–Crippen MR) is 76.6 cm³/mol. The predicted octanol–water partition coefficient (Wildman–Crippen LogP) is 2.70. The number of nitrogens with zero attached hydrogens (tertiary/aromatic N) is 2. The van der Waals surface area contributed by atoms with Crippen molar-refractivity contribution in [1.82, 2.24) is 9.47 Å². The molecule has 1 aromatic heterocycles. The van der Waals surface area contributed by atoms with Crippen LogP contribution in [-0.2, 0) is 20.1 Å². The number of nitrogens with one attached hydrogen (secondary N) is 1. The Labute approximate surface area is 109 Å². The first-order valence-electron chi connectivity index (χ1n) is 6.23. The minimum Gasteiger partial charge on any atom is -0.379 e. The van der Waals surface area contributed by atoms with Gasteiger partial charge in [0.15, 0.2) is 0 Å². The Morgan fingerprint density at radius 3 is 2.67 bits per heavy atom. The van der Waals surface area contributed by atoms with Gasteiger partial charge < -0.3 is 14.8 Å². The van der Waals surface area contributed by atoms with Crippen LogP contribution in [-0.4, -0.2) is 23.6 Å². The molecular formula is C15H21N3. The average molecular weight is 243 g/mol. The lowest BCUT2D eigenvalue weighted by Crippen LogP contribution is -2.11. The van der Waals surface area contributed by atoms with Gasteiger partial charge in [-0.15, -0.1) is 0 Å². The van der Waals surface area contributed by atoms with E-state index in [0.717, 1.165) is 13.1 Å². The first kappa shape index (κ1) is 12.7. The van der Waals surface area contributed by atoms with Crippen molar-refractivity contribution in [1.29, 1.82) is 0 Å². The van der Waals surface area contributed by atoms with Crippen LogP contribution in [0.3, 0.4) is 0 Å². The molecule has 0 saturated heterocycles. The maximum Gasteiger partial charge on any atom is 0.0553 e. The zero-order valence-corrected chi connectivity index (χ0v) is 11.4. The molecule has 0 atom stereocenters. The van der Waals surface area contributed by atoms with Gasteiger partial charge in [0.1, 0.15) is 0 Å². The SMILES string of the molecule is CN(C)Cc1cccc(NCc2cccn2C)c1. The van der Waals surface area contributed by atoms with E-state index >= 15 is 0 Å². The number of rotatable bonds is 5. The summed E-state index contributed by atoms with van der Waals surface area (Å²) in [5, 5.41) is 3.46. The van der Waals surface area contributed by atoms with Crippen molar-refractivity contribution in [2.45, 2.75) is 13.1 Å². The topological polar surface area (TPSA) is 20.2 Å². The Balaban J connectivity index is 1.99. The molecule has 0 aliphatic rings. The molecule has 2 rings (SSSR count). The Morgan fingerprint density at radius 1 is 1.17 bits per heavy atom. The van der Waals surface area contributed by atoms with Crippen LogP contribution >= 0.6 is 0 Å². The quantitative estimate of drug-likeness (QED) is 0.871. The standard InChI is InChI=1S/C15H21N3/c1-17(2)12-13-6-4-7-14(10-13)16-11-15-8-5-9-18(15)3/h4-10,16H,11-12H2,1-3H3. The molecule has 1 heterocycles.